The molecule has 0 aliphatic carbocycles. The van der Waals surface area contributed by atoms with Crippen LogP contribution in [0.25, 0.3) is 0 Å². The third kappa shape index (κ3) is 2.64. The Morgan fingerprint density at radius 2 is 2.24 bits per heavy atom. The number of rotatable bonds is 4. The minimum atomic E-state index is -0.153. The first kappa shape index (κ1) is 12.0. The highest BCUT2D eigenvalue weighted by atomic mass is 32.1. The molecule has 0 radical (unpaired) electrons. The number of carbonyl (C=O) groups is 1. The average molecular weight is 249 g/mol. The zero-order chi connectivity index (χ0) is 12.3. The maximum absolute atomic E-state index is 11.3. The largest absolute Gasteiger partial charge is 0.466 e. The Morgan fingerprint density at radius 1 is 1.47 bits per heavy atom. The van der Waals surface area contributed by atoms with E-state index in [1.54, 1.807) is 0 Å². The van der Waals surface area contributed by atoms with Gasteiger partial charge in [-0.2, -0.15) is 0 Å². The Bertz CT molecular complexity index is 445. The minimum absolute atomic E-state index is 0.144. The van der Waals surface area contributed by atoms with Gasteiger partial charge in [-0.1, -0.05) is 30.4 Å². The molecule has 1 aromatic rings. The monoisotopic (exact) mass is 249 g/mol. The molecular weight excluding hydrogens is 234 g/mol. The van der Waals surface area contributed by atoms with Crippen molar-refractivity contribution in [3.63, 3.8) is 0 Å². The highest BCUT2D eigenvalue weighted by Gasteiger charge is 2.27. The van der Waals surface area contributed by atoms with Gasteiger partial charge in [-0.15, -0.1) is 0 Å². The predicted molar refractivity (Wildman–Crippen MR) is 71.3 cm³/mol. The molecule has 17 heavy (non-hydrogen) atoms. The number of para-hydroxylation sites is 1. The van der Waals surface area contributed by atoms with Gasteiger partial charge in [0.1, 0.15) is 0 Å². The molecular formula is C13H15NO2S. The van der Waals surface area contributed by atoms with Crippen LogP contribution in [-0.2, 0) is 9.53 Å². The predicted octanol–water partition coefficient (Wildman–Crippen LogP) is 2.87. The number of ether oxygens (including phenoxy) is 1. The van der Waals surface area contributed by atoms with E-state index < -0.39 is 0 Å². The van der Waals surface area contributed by atoms with Crippen molar-refractivity contribution < 1.29 is 9.53 Å². The second-order valence-corrected chi connectivity index (χ2v) is 4.41. The molecule has 2 rings (SSSR count). The van der Waals surface area contributed by atoms with E-state index in [4.69, 9.17) is 17.0 Å². The standard InChI is InChI=1S/C13H15NO2S/c1-2-16-12(15)8-7-10-9-5-3-4-6-11(9)14-13(10)17/h3-6,10H,2,7-8H2,1H3,(H,14,17). The molecule has 90 valence electrons. The van der Waals surface area contributed by atoms with Gasteiger partial charge in [0.15, 0.2) is 0 Å². The van der Waals surface area contributed by atoms with Gasteiger partial charge in [0.2, 0.25) is 0 Å². The second-order valence-electron chi connectivity index (χ2n) is 3.97. The summed E-state index contributed by atoms with van der Waals surface area (Å²) in [6.07, 6.45) is 1.12. The summed E-state index contributed by atoms with van der Waals surface area (Å²) in [5, 5.41) is 3.18. The number of hydrogen-bond donors (Lipinski definition) is 1. The summed E-state index contributed by atoms with van der Waals surface area (Å²) in [7, 11) is 0. The summed E-state index contributed by atoms with van der Waals surface area (Å²) in [5.41, 5.74) is 2.24. The van der Waals surface area contributed by atoms with Gasteiger partial charge in [-0.3, -0.25) is 4.79 Å². The molecule has 1 aliphatic heterocycles. The zero-order valence-corrected chi connectivity index (χ0v) is 10.5. The Labute approximate surface area is 106 Å². The van der Waals surface area contributed by atoms with Gasteiger partial charge in [0.05, 0.1) is 11.6 Å². The molecule has 1 N–H and O–H groups in total. The number of benzene rings is 1. The number of esters is 1. The molecule has 1 unspecified atom stereocenters. The molecule has 0 saturated carbocycles. The van der Waals surface area contributed by atoms with E-state index in [2.05, 4.69) is 11.4 Å². The molecule has 0 saturated heterocycles. The summed E-state index contributed by atoms with van der Waals surface area (Å²) in [5.74, 6) is -0.00899. The Hall–Kier alpha value is -1.42. The van der Waals surface area contributed by atoms with Crippen LogP contribution in [0.3, 0.4) is 0 Å². The highest BCUT2D eigenvalue weighted by Crippen LogP contribution is 2.35. The van der Waals surface area contributed by atoms with Crippen LogP contribution in [0, 0.1) is 0 Å². The van der Waals surface area contributed by atoms with E-state index >= 15 is 0 Å². The third-order valence-corrected chi connectivity index (χ3v) is 3.24. The Morgan fingerprint density at radius 3 is 3.00 bits per heavy atom. The first-order valence-corrected chi connectivity index (χ1v) is 6.18. The van der Waals surface area contributed by atoms with Crippen molar-refractivity contribution in [2.45, 2.75) is 25.7 Å². The smallest absolute Gasteiger partial charge is 0.305 e. The number of anilines is 1. The summed E-state index contributed by atoms with van der Waals surface area (Å²) in [4.78, 5) is 12.1. The van der Waals surface area contributed by atoms with Crippen molar-refractivity contribution >= 4 is 28.9 Å². The first-order chi connectivity index (χ1) is 8.22. The molecule has 0 spiro atoms. The summed E-state index contributed by atoms with van der Waals surface area (Å²) < 4.78 is 4.92. The number of hydrogen-bond acceptors (Lipinski definition) is 3. The van der Waals surface area contributed by atoms with Crippen LogP contribution in [-0.4, -0.2) is 17.6 Å². The Kier molecular flexibility index (Phi) is 3.74. The maximum Gasteiger partial charge on any atom is 0.305 e. The van der Waals surface area contributed by atoms with Gasteiger partial charge < -0.3 is 10.1 Å². The average Bonchev–Trinajstić information content (AvgIpc) is 2.62. The lowest BCUT2D eigenvalue weighted by atomic mass is 9.96. The zero-order valence-electron chi connectivity index (χ0n) is 9.73. The quantitative estimate of drug-likeness (QED) is 0.658. The second kappa shape index (κ2) is 5.27. The maximum atomic E-state index is 11.3. The first-order valence-electron chi connectivity index (χ1n) is 5.77. The van der Waals surface area contributed by atoms with E-state index in [9.17, 15) is 4.79 Å². The van der Waals surface area contributed by atoms with Gasteiger partial charge >= 0.3 is 5.97 Å². The molecule has 4 heteroatoms. The summed E-state index contributed by atoms with van der Waals surface area (Å²) in [6, 6.07) is 8.03. The van der Waals surface area contributed by atoms with Crippen LogP contribution >= 0.6 is 12.2 Å². The normalized spacial score (nSPS) is 17.5. The Balaban J connectivity index is 2.02. The molecule has 0 aromatic heterocycles. The van der Waals surface area contributed by atoms with E-state index in [0.29, 0.717) is 19.4 Å². The van der Waals surface area contributed by atoms with Crippen LogP contribution in [0.15, 0.2) is 24.3 Å². The molecule has 1 atom stereocenters. The molecule has 0 fully saturated rings. The summed E-state index contributed by atoms with van der Waals surface area (Å²) >= 11 is 5.30. The van der Waals surface area contributed by atoms with Crippen LogP contribution in [0.2, 0.25) is 0 Å². The van der Waals surface area contributed by atoms with Crippen molar-refractivity contribution in [1.29, 1.82) is 0 Å². The van der Waals surface area contributed by atoms with Crippen molar-refractivity contribution in [3.8, 4) is 0 Å². The van der Waals surface area contributed by atoms with Crippen molar-refractivity contribution in [3.05, 3.63) is 29.8 Å². The molecule has 1 aliphatic rings. The minimum Gasteiger partial charge on any atom is -0.466 e. The van der Waals surface area contributed by atoms with Gasteiger partial charge in [-0.05, 0) is 25.0 Å². The fraction of sp³-hybridized carbons (Fsp3) is 0.385. The summed E-state index contributed by atoms with van der Waals surface area (Å²) in [6.45, 7) is 2.25. The van der Waals surface area contributed by atoms with Crippen LogP contribution in [0.4, 0.5) is 5.69 Å². The molecule has 0 amide bonds. The van der Waals surface area contributed by atoms with Gasteiger partial charge in [0, 0.05) is 18.0 Å². The van der Waals surface area contributed by atoms with E-state index in [0.717, 1.165) is 10.7 Å². The number of thiocarbonyl (C=S) groups is 1. The molecule has 1 heterocycles. The molecule has 0 bridgehead atoms. The van der Waals surface area contributed by atoms with Crippen molar-refractivity contribution in [2.24, 2.45) is 0 Å². The molecule has 1 aromatic carbocycles. The van der Waals surface area contributed by atoms with Crippen LogP contribution in [0.5, 0.6) is 0 Å². The SMILES string of the molecule is CCOC(=O)CCC1C(=S)Nc2ccccc21. The van der Waals surface area contributed by atoms with Gasteiger partial charge in [-0.25, -0.2) is 0 Å². The van der Waals surface area contributed by atoms with E-state index in [1.807, 2.05) is 25.1 Å². The fourth-order valence-corrected chi connectivity index (χ4v) is 2.41. The van der Waals surface area contributed by atoms with Gasteiger partial charge in [0.25, 0.3) is 0 Å². The topological polar surface area (TPSA) is 38.3 Å². The number of nitrogens with one attached hydrogen (secondary N) is 1. The number of fused-ring (bicyclic) bond motifs is 1. The lowest BCUT2D eigenvalue weighted by Crippen LogP contribution is -2.12. The highest BCUT2D eigenvalue weighted by molar-refractivity contribution is 7.80. The van der Waals surface area contributed by atoms with E-state index in [-0.39, 0.29) is 11.9 Å². The van der Waals surface area contributed by atoms with Crippen LogP contribution in [0.1, 0.15) is 31.2 Å². The van der Waals surface area contributed by atoms with Crippen LogP contribution < -0.4 is 5.32 Å². The van der Waals surface area contributed by atoms with Crippen molar-refractivity contribution in [2.75, 3.05) is 11.9 Å². The lowest BCUT2D eigenvalue weighted by molar-refractivity contribution is -0.143. The number of carbonyl (C=O) groups excluding carboxylic acids is 1. The molecule has 3 nitrogen and oxygen atoms in total. The lowest BCUT2D eigenvalue weighted by Gasteiger charge is -2.09. The third-order valence-electron chi connectivity index (χ3n) is 2.85. The van der Waals surface area contributed by atoms with E-state index in [1.165, 1.54) is 5.56 Å². The van der Waals surface area contributed by atoms with Crippen molar-refractivity contribution in [1.82, 2.24) is 0 Å². The fourth-order valence-electron chi connectivity index (χ4n) is 2.06.